The second-order valence-corrected chi connectivity index (χ2v) is 5.51. The van der Waals surface area contributed by atoms with Crippen LogP contribution in [0.3, 0.4) is 0 Å². The van der Waals surface area contributed by atoms with Crippen molar-refractivity contribution in [1.82, 2.24) is 0 Å². The lowest BCUT2D eigenvalue weighted by Gasteiger charge is -2.24. The number of nitrogens with one attached hydrogen (secondary N) is 1. The van der Waals surface area contributed by atoms with E-state index in [9.17, 15) is 4.79 Å². The number of hydrogen-bond donors (Lipinski definition) is 1. The van der Waals surface area contributed by atoms with Gasteiger partial charge >= 0.3 is 0 Å². The van der Waals surface area contributed by atoms with Gasteiger partial charge in [-0.3, -0.25) is 4.79 Å². The maximum Gasteiger partial charge on any atom is 0.227 e. The summed E-state index contributed by atoms with van der Waals surface area (Å²) in [6.07, 6.45) is 3.24. The minimum Gasteiger partial charge on any atom is -0.325 e. The molecule has 0 saturated heterocycles. The molecule has 0 heterocycles. The van der Waals surface area contributed by atoms with E-state index in [0.717, 1.165) is 27.5 Å². The van der Waals surface area contributed by atoms with Crippen LogP contribution in [0.15, 0.2) is 27.1 Å². The van der Waals surface area contributed by atoms with Gasteiger partial charge < -0.3 is 5.32 Å². The van der Waals surface area contributed by atoms with Crippen LogP contribution in [-0.2, 0) is 4.79 Å². The summed E-state index contributed by atoms with van der Waals surface area (Å²) < 4.78 is 1.90. The molecule has 0 bridgehead atoms. The first kappa shape index (κ1) is 11.1. The second kappa shape index (κ2) is 4.66. The molecule has 0 aromatic heterocycles. The number of rotatable bonds is 2. The molecule has 0 unspecified atom stereocenters. The molecule has 1 aromatic carbocycles. The summed E-state index contributed by atoms with van der Waals surface area (Å²) in [6, 6.07) is 5.74. The largest absolute Gasteiger partial charge is 0.325 e. The molecular formula is C11H11Br2NO. The van der Waals surface area contributed by atoms with Gasteiger partial charge in [0.2, 0.25) is 5.91 Å². The summed E-state index contributed by atoms with van der Waals surface area (Å²) in [7, 11) is 0. The predicted octanol–water partition coefficient (Wildman–Crippen LogP) is 3.95. The van der Waals surface area contributed by atoms with Gasteiger partial charge in [-0.25, -0.2) is 0 Å². The Balaban J connectivity index is 2.06. The SMILES string of the molecule is O=C(Nc1ccc(Br)cc1Br)C1CCC1. The molecule has 0 spiro atoms. The van der Waals surface area contributed by atoms with Crippen LogP contribution in [0.1, 0.15) is 19.3 Å². The highest BCUT2D eigenvalue weighted by Gasteiger charge is 2.25. The van der Waals surface area contributed by atoms with Gasteiger partial charge in [-0.1, -0.05) is 22.4 Å². The summed E-state index contributed by atoms with van der Waals surface area (Å²) in [6.45, 7) is 0. The van der Waals surface area contributed by atoms with Crippen LogP contribution < -0.4 is 5.32 Å². The molecule has 0 atom stereocenters. The highest BCUT2D eigenvalue weighted by atomic mass is 79.9. The lowest BCUT2D eigenvalue weighted by Crippen LogP contribution is -2.28. The van der Waals surface area contributed by atoms with Gasteiger partial charge in [-0.2, -0.15) is 0 Å². The Bertz CT molecular complexity index is 388. The molecule has 2 nitrogen and oxygen atoms in total. The molecule has 1 aromatic rings. The summed E-state index contributed by atoms with van der Waals surface area (Å²) in [4.78, 5) is 11.7. The lowest BCUT2D eigenvalue weighted by atomic mass is 9.85. The third-order valence-corrected chi connectivity index (χ3v) is 3.81. The van der Waals surface area contributed by atoms with Crippen molar-refractivity contribution >= 4 is 43.5 Å². The highest BCUT2D eigenvalue weighted by Crippen LogP contribution is 2.30. The summed E-state index contributed by atoms with van der Waals surface area (Å²) in [5.41, 5.74) is 0.843. The second-order valence-electron chi connectivity index (χ2n) is 3.74. The zero-order valence-corrected chi connectivity index (χ0v) is 11.3. The maximum atomic E-state index is 11.7. The van der Waals surface area contributed by atoms with E-state index in [1.54, 1.807) is 0 Å². The van der Waals surface area contributed by atoms with Gasteiger partial charge in [0.1, 0.15) is 0 Å². The summed E-state index contributed by atoms with van der Waals surface area (Å²) >= 11 is 6.79. The fourth-order valence-corrected chi connectivity index (χ4v) is 2.64. The average Bonchev–Trinajstić information content (AvgIpc) is 2.07. The van der Waals surface area contributed by atoms with Gasteiger partial charge in [-0.05, 0) is 47.0 Å². The number of benzene rings is 1. The van der Waals surface area contributed by atoms with Gasteiger partial charge in [0.25, 0.3) is 0 Å². The number of halogens is 2. The molecule has 1 N–H and O–H groups in total. The molecule has 0 radical (unpaired) electrons. The van der Waals surface area contributed by atoms with Crippen LogP contribution >= 0.6 is 31.9 Å². The van der Waals surface area contributed by atoms with Crippen LogP contribution in [-0.4, -0.2) is 5.91 Å². The molecule has 1 aliphatic rings. The number of carbonyl (C=O) groups excluding carboxylic acids is 1. The van der Waals surface area contributed by atoms with Gasteiger partial charge in [0.15, 0.2) is 0 Å². The maximum absolute atomic E-state index is 11.7. The van der Waals surface area contributed by atoms with Gasteiger partial charge in [0.05, 0.1) is 5.69 Å². The molecule has 1 aliphatic carbocycles. The number of hydrogen-bond acceptors (Lipinski definition) is 1. The molecule has 1 fully saturated rings. The van der Waals surface area contributed by atoms with Crippen LogP contribution in [0.25, 0.3) is 0 Å². The van der Waals surface area contributed by atoms with Gasteiger partial charge in [0, 0.05) is 14.9 Å². The van der Waals surface area contributed by atoms with E-state index in [2.05, 4.69) is 37.2 Å². The molecule has 4 heteroatoms. The third-order valence-electron chi connectivity index (χ3n) is 2.66. The van der Waals surface area contributed by atoms with Crippen molar-refractivity contribution in [3.63, 3.8) is 0 Å². The standard InChI is InChI=1S/C11H11Br2NO/c12-8-4-5-10(9(13)6-8)14-11(15)7-2-1-3-7/h4-7H,1-3H2,(H,14,15). The Labute approximate surface area is 106 Å². The topological polar surface area (TPSA) is 29.1 Å². The van der Waals surface area contributed by atoms with Crippen molar-refractivity contribution in [2.75, 3.05) is 5.32 Å². The highest BCUT2D eigenvalue weighted by molar-refractivity contribution is 9.11. The van der Waals surface area contributed by atoms with E-state index < -0.39 is 0 Å². The van der Waals surface area contributed by atoms with Crippen molar-refractivity contribution in [1.29, 1.82) is 0 Å². The van der Waals surface area contributed by atoms with E-state index >= 15 is 0 Å². The minimum atomic E-state index is 0.143. The van der Waals surface area contributed by atoms with E-state index in [1.807, 2.05) is 18.2 Å². The first-order valence-electron chi connectivity index (χ1n) is 4.93. The Hall–Kier alpha value is -0.350. The molecule has 1 saturated carbocycles. The van der Waals surface area contributed by atoms with Crippen LogP contribution in [0.5, 0.6) is 0 Å². The molecule has 15 heavy (non-hydrogen) atoms. The Morgan fingerprint density at radius 3 is 2.60 bits per heavy atom. The molecule has 2 rings (SSSR count). The first-order valence-corrected chi connectivity index (χ1v) is 6.51. The zero-order valence-electron chi connectivity index (χ0n) is 8.09. The van der Waals surface area contributed by atoms with E-state index in [4.69, 9.17) is 0 Å². The number of carbonyl (C=O) groups is 1. The Kier molecular flexibility index (Phi) is 3.46. The first-order chi connectivity index (χ1) is 7.16. The normalized spacial score (nSPS) is 15.9. The van der Waals surface area contributed by atoms with E-state index in [-0.39, 0.29) is 11.8 Å². The average molecular weight is 333 g/mol. The fraction of sp³-hybridized carbons (Fsp3) is 0.364. The van der Waals surface area contributed by atoms with Crippen molar-refractivity contribution < 1.29 is 4.79 Å². The predicted molar refractivity (Wildman–Crippen MR) is 67.8 cm³/mol. The monoisotopic (exact) mass is 331 g/mol. The van der Waals surface area contributed by atoms with E-state index in [0.29, 0.717) is 0 Å². The van der Waals surface area contributed by atoms with Crippen LogP contribution in [0.2, 0.25) is 0 Å². The van der Waals surface area contributed by atoms with Crippen LogP contribution in [0.4, 0.5) is 5.69 Å². The smallest absolute Gasteiger partial charge is 0.227 e. The van der Waals surface area contributed by atoms with Gasteiger partial charge in [-0.15, -0.1) is 0 Å². The Morgan fingerprint density at radius 1 is 1.33 bits per heavy atom. The van der Waals surface area contributed by atoms with Crippen molar-refractivity contribution in [2.45, 2.75) is 19.3 Å². The van der Waals surface area contributed by atoms with Crippen molar-refractivity contribution in [3.05, 3.63) is 27.1 Å². The fourth-order valence-electron chi connectivity index (χ4n) is 1.50. The lowest BCUT2D eigenvalue weighted by molar-refractivity contribution is -0.122. The quantitative estimate of drug-likeness (QED) is 0.872. The van der Waals surface area contributed by atoms with Crippen molar-refractivity contribution in [2.24, 2.45) is 5.92 Å². The van der Waals surface area contributed by atoms with Crippen LogP contribution in [0, 0.1) is 5.92 Å². The molecular weight excluding hydrogens is 322 g/mol. The summed E-state index contributed by atoms with van der Waals surface area (Å²) in [5.74, 6) is 0.366. The number of anilines is 1. The zero-order chi connectivity index (χ0) is 10.8. The minimum absolute atomic E-state index is 0.143. The summed E-state index contributed by atoms with van der Waals surface area (Å²) in [5, 5.41) is 2.93. The Morgan fingerprint density at radius 2 is 2.07 bits per heavy atom. The molecule has 1 amide bonds. The number of amides is 1. The molecule has 80 valence electrons. The van der Waals surface area contributed by atoms with Crippen molar-refractivity contribution in [3.8, 4) is 0 Å². The van der Waals surface area contributed by atoms with E-state index in [1.165, 1.54) is 6.42 Å². The third kappa shape index (κ3) is 2.61. The molecule has 0 aliphatic heterocycles.